The van der Waals surface area contributed by atoms with Crippen LogP contribution in [0.4, 0.5) is 22.7 Å². The molecule has 248 valence electrons. The number of aromatic carboxylic acids is 2. The molecule has 0 atom stereocenters. The second-order valence-electron chi connectivity index (χ2n) is 11.3. The number of hydrogen-bond donors (Lipinski definition) is 6. The van der Waals surface area contributed by atoms with Gasteiger partial charge in [0, 0.05) is 45.0 Å². The van der Waals surface area contributed by atoms with E-state index in [0.29, 0.717) is 67.3 Å². The fourth-order valence-electron chi connectivity index (χ4n) is 5.30. The van der Waals surface area contributed by atoms with Gasteiger partial charge < -0.3 is 33.1 Å². The number of nitrogens with two attached hydrogens (primary N) is 4. The van der Waals surface area contributed by atoms with Crippen LogP contribution >= 0.6 is 0 Å². The maximum Gasteiger partial charge on any atom is 0.336 e. The highest BCUT2D eigenvalue weighted by Gasteiger charge is 2.16. The van der Waals surface area contributed by atoms with Crippen LogP contribution in [0.15, 0.2) is 133 Å². The van der Waals surface area contributed by atoms with E-state index in [2.05, 4.69) is 0 Å². The van der Waals surface area contributed by atoms with Gasteiger partial charge in [-0.05, 0) is 89.0 Å². The minimum absolute atomic E-state index is 0.141. The molecule has 0 radical (unpaired) electrons. The Bertz CT molecular complexity index is 2110. The van der Waals surface area contributed by atoms with Crippen molar-refractivity contribution in [3.63, 3.8) is 0 Å². The third kappa shape index (κ3) is 7.84. The number of carbonyl (C=O) groups excluding carboxylic acids is 2. The average Bonchev–Trinajstić information content (AvgIpc) is 3.11. The van der Waals surface area contributed by atoms with Crippen molar-refractivity contribution in [2.24, 2.45) is 0 Å². The first-order valence-electron chi connectivity index (χ1n) is 15.2. The van der Waals surface area contributed by atoms with Crippen molar-refractivity contribution in [1.29, 1.82) is 0 Å². The summed E-state index contributed by atoms with van der Waals surface area (Å²) in [5.41, 5.74) is 29.4. The van der Waals surface area contributed by atoms with Gasteiger partial charge in [0.2, 0.25) is 0 Å². The van der Waals surface area contributed by atoms with Crippen molar-refractivity contribution >= 4 is 46.3 Å². The topological polar surface area (TPSA) is 213 Å². The lowest BCUT2D eigenvalue weighted by atomic mass is 9.94. The lowest BCUT2D eigenvalue weighted by molar-refractivity contribution is 0.0687. The SMILES string of the molecule is Nc1ccc(C(=O)O)c(-c2ccc(-c3cc(N)ccc3C(=O)O)cc2)c1.Nc1cccc(C(=O)c2cccc(C(=O)c3cccc(N)c3)c2)c1. The van der Waals surface area contributed by atoms with Gasteiger partial charge in [0.1, 0.15) is 0 Å². The van der Waals surface area contributed by atoms with Crippen LogP contribution in [0.2, 0.25) is 0 Å². The second-order valence-corrected chi connectivity index (χ2v) is 11.3. The maximum absolute atomic E-state index is 12.6. The largest absolute Gasteiger partial charge is 0.478 e. The molecule has 0 fully saturated rings. The van der Waals surface area contributed by atoms with Crippen molar-refractivity contribution < 1.29 is 29.4 Å². The van der Waals surface area contributed by atoms with E-state index in [1.165, 1.54) is 24.3 Å². The first kappa shape index (κ1) is 34.1. The summed E-state index contributed by atoms with van der Waals surface area (Å²) in [7, 11) is 0. The van der Waals surface area contributed by atoms with E-state index in [1.807, 2.05) is 0 Å². The number of carbonyl (C=O) groups is 4. The van der Waals surface area contributed by atoms with Gasteiger partial charge in [-0.15, -0.1) is 0 Å². The Morgan fingerprint density at radius 1 is 0.380 bits per heavy atom. The standard InChI is InChI=1S/C20H16N2O4.C20H16N2O2/c21-13-5-7-15(19(23)24)17(9-13)11-1-2-12(4-3-11)18-10-14(22)6-8-16(18)20(25)26;21-17-8-2-6-15(11-17)19(23)13-4-1-5-14(10-13)20(24)16-7-3-9-18(22)12-16/h1-10H,21-22H2,(H,23,24)(H,25,26);1-12H,21-22H2. The minimum Gasteiger partial charge on any atom is -0.478 e. The zero-order valence-corrected chi connectivity index (χ0v) is 26.5. The summed E-state index contributed by atoms with van der Waals surface area (Å²) in [4.78, 5) is 48.0. The minimum atomic E-state index is -1.05. The van der Waals surface area contributed by atoms with Crippen LogP contribution in [-0.4, -0.2) is 33.7 Å². The molecule has 10 N–H and O–H groups in total. The first-order valence-corrected chi connectivity index (χ1v) is 15.2. The Labute approximate surface area is 287 Å². The van der Waals surface area contributed by atoms with E-state index >= 15 is 0 Å². The molecule has 0 unspecified atom stereocenters. The maximum atomic E-state index is 12.6. The Hall–Kier alpha value is -7.20. The third-order valence-electron chi connectivity index (χ3n) is 7.74. The van der Waals surface area contributed by atoms with E-state index in [1.54, 1.807) is 109 Å². The Kier molecular flexibility index (Phi) is 10.0. The Morgan fingerprint density at radius 3 is 1.04 bits per heavy atom. The predicted molar refractivity (Wildman–Crippen MR) is 195 cm³/mol. The van der Waals surface area contributed by atoms with E-state index in [-0.39, 0.29) is 22.7 Å². The van der Waals surface area contributed by atoms with Crippen LogP contribution in [0.5, 0.6) is 0 Å². The normalized spacial score (nSPS) is 10.4. The average molecular weight is 665 g/mol. The van der Waals surface area contributed by atoms with Gasteiger partial charge in [-0.1, -0.05) is 66.7 Å². The molecule has 0 aliphatic rings. The van der Waals surface area contributed by atoms with Gasteiger partial charge in [-0.3, -0.25) is 9.59 Å². The Morgan fingerprint density at radius 2 is 0.700 bits per heavy atom. The van der Waals surface area contributed by atoms with Gasteiger partial charge in [0.15, 0.2) is 11.6 Å². The number of ketones is 2. The number of hydrogen-bond acceptors (Lipinski definition) is 8. The third-order valence-corrected chi connectivity index (χ3v) is 7.74. The van der Waals surface area contributed by atoms with Crippen LogP contribution in [0.1, 0.15) is 52.6 Å². The Balaban J connectivity index is 0.000000195. The fourth-order valence-corrected chi connectivity index (χ4v) is 5.30. The second kappa shape index (κ2) is 14.7. The summed E-state index contributed by atoms with van der Waals surface area (Å²) in [6.45, 7) is 0. The number of benzene rings is 6. The summed E-state index contributed by atoms with van der Waals surface area (Å²) < 4.78 is 0. The highest BCUT2D eigenvalue weighted by molar-refractivity contribution is 6.13. The molecule has 0 bridgehead atoms. The summed E-state index contributed by atoms with van der Waals surface area (Å²) in [6, 6.07) is 36.3. The van der Waals surface area contributed by atoms with E-state index in [9.17, 15) is 29.4 Å². The number of carboxylic acids is 2. The molecule has 6 aromatic rings. The van der Waals surface area contributed by atoms with Crippen molar-refractivity contribution in [3.8, 4) is 22.3 Å². The van der Waals surface area contributed by atoms with Crippen LogP contribution in [0, 0.1) is 0 Å². The lowest BCUT2D eigenvalue weighted by Gasteiger charge is -2.11. The van der Waals surface area contributed by atoms with Gasteiger partial charge in [-0.25, -0.2) is 9.59 Å². The zero-order chi connectivity index (χ0) is 35.9. The lowest BCUT2D eigenvalue weighted by Crippen LogP contribution is -2.06. The van der Waals surface area contributed by atoms with Crippen molar-refractivity contribution in [2.45, 2.75) is 0 Å². The van der Waals surface area contributed by atoms with E-state index in [4.69, 9.17) is 22.9 Å². The van der Waals surface area contributed by atoms with Crippen LogP contribution in [0.3, 0.4) is 0 Å². The van der Waals surface area contributed by atoms with E-state index < -0.39 is 11.9 Å². The predicted octanol–water partition coefficient (Wildman–Crippen LogP) is 6.89. The van der Waals surface area contributed by atoms with Crippen LogP contribution in [-0.2, 0) is 0 Å². The van der Waals surface area contributed by atoms with Gasteiger partial charge in [0.05, 0.1) is 11.1 Å². The molecule has 6 rings (SSSR count). The van der Waals surface area contributed by atoms with Gasteiger partial charge in [-0.2, -0.15) is 0 Å². The zero-order valence-electron chi connectivity index (χ0n) is 26.5. The summed E-state index contributed by atoms with van der Waals surface area (Å²) >= 11 is 0. The first-order chi connectivity index (χ1) is 23.9. The molecule has 50 heavy (non-hydrogen) atoms. The van der Waals surface area contributed by atoms with Crippen LogP contribution in [0.25, 0.3) is 22.3 Å². The van der Waals surface area contributed by atoms with Crippen molar-refractivity contribution in [1.82, 2.24) is 0 Å². The monoisotopic (exact) mass is 664 g/mol. The molecule has 0 saturated heterocycles. The fraction of sp³-hybridized carbons (Fsp3) is 0. The highest BCUT2D eigenvalue weighted by atomic mass is 16.4. The number of anilines is 4. The summed E-state index contributed by atoms with van der Waals surface area (Å²) in [6.07, 6.45) is 0. The van der Waals surface area contributed by atoms with Crippen molar-refractivity contribution in [3.05, 3.63) is 167 Å². The van der Waals surface area contributed by atoms with E-state index in [0.717, 1.165) is 0 Å². The molecule has 10 nitrogen and oxygen atoms in total. The molecule has 6 aromatic carbocycles. The van der Waals surface area contributed by atoms with Gasteiger partial charge >= 0.3 is 11.9 Å². The molecule has 10 heteroatoms. The molecule has 0 amide bonds. The molecule has 0 aromatic heterocycles. The van der Waals surface area contributed by atoms with Gasteiger partial charge in [0.25, 0.3) is 0 Å². The number of rotatable bonds is 8. The molecule has 0 spiro atoms. The number of carboxylic acid groups (broad SMARTS) is 2. The molecular formula is C40H32N4O6. The highest BCUT2D eigenvalue weighted by Crippen LogP contribution is 2.31. The molecular weight excluding hydrogens is 632 g/mol. The molecule has 0 saturated carbocycles. The summed E-state index contributed by atoms with van der Waals surface area (Å²) in [5, 5.41) is 18.7. The summed E-state index contributed by atoms with van der Waals surface area (Å²) in [5.74, 6) is -2.45. The smallest absolute Gasteiger partial charge is 0.336 e. The van der Waals surface area contributed by atoms with Crippen LogP contribution < -0.4 is 22.9 Å². The quantitative estimate of drug-likeness (QED) is 0.0731. The molecule has 0 heterocycles. The number of nitrogen functional groups attached to an aromatic ring is 4. The molecule has 0 aliphatic carbocycles. The van der Waals surface area contributed by atoms with Crippen molar-refractivity contribution in [2.75, 3.05) is 22.9 Å². The molecule has 0 aliphatic heterocycles.